The molecule has 1 heterocycles. The van der Waals surface area contributed by atoms with Crippen molar-refractivity contribution in [3.63, 3.8) is 0 Å². The lowest BCUT2D eigenvalue weighted by atomic mass is 10.1. The third-order valence-electron chi connectivity index (χ3n) is 2.68. The maximum atomic E-state index is 11.7. The molecule has 0 radical (unpaired) electrons. The predicted molar refractivity (Wildman–Crippen MR) is 56.4 cm³/mol. The van der Waals surface area contributed by atoms with Gasteiger partial charge in [0.2, 0.25) is 5.91 Å². The monoisotopic (exact) mass is 216 g/mol. The van der Waals surface area contributed by atoms with Gasteiger partial charge >= 0.3 is 0 Å². The fourth-order valence-electron chi connectivity index (χ4n) is 1.87. The first-order chi connectivity index (χ1) is 7.27. The van der Waals surface area contributed by atoms with Gasteiger partial charge in [-0.2, -0.15) is 0 Å². The van der Waals surface area contributed by atoms with Crippen molar-refractivity contribution in [2.45, 2.75) is 25.3 Å². The number of amides is 1. The van der Waals surface area contributed by atoms with Gasteiger partial charge in [-0.15, -0.1) is 0 Å². The van der Waals surface area contributed by atoms with Gasteiger partial charge in [0.15, 0.2) is 0 Å². The number of nitrogens with zero attached hydrogens (tertiary/aromatic N) is 1. The summed E-state index contributed by atoms with van der Waals surface area (Å²) < 4.78 is 0. The number of hydrogen-bond acceptors (Lipinski definition) is 4. The highest BCUT2D eigenvalue weighted by Crippen LogP contribution is 2.10. The van der Waals surface area contributed by atoms with Crippen LogP contribution in [0.15, 0.2) is 0 Å². The molecule has 5 heteroatoms. The Hall–Kier alpha value is -0.650. The Kier molecular flexibility index (Phi) is 5.60. The van der Waals surface area contributed by atoms with Crippen LogP contribution in [-0.4, -0.2) is 59.9 Å². The van der Waals surface area contributed by atoms with Gasteiger partial charge in [0.25, 0.3) is 0 Å². The molecule has 0 aromatic carbocycles. The number of rotatable bonds is 6. The Morgan fingerprint density at radius 3 is 2.47 bits per heavy atom. The first-order valence-corrected chi connectivity index (χ1v) is 5.50. The van der Waals surface area contributed by atoms with Crippen LogP contribution in [-0.2, 0) is 4.79 Å². The molecule has 0 saturated carbocycles. The lowest BCUT2D eigenvalue weighted by Crippen LogP contribution is -2.39. The van der Waals surface area contributed by atoms with Crippen molar-refractivity contribution in [3.05, 3.63) is 0 Å². The first kappa shape index (κ1) is 12.4. The molecule has 88 valence electrons. The van der Waals surface area contributed by atoms with Crippen LogP contribution in [0.25, 0.3) is 0 Å². The van der Waals surface area contributed by atoms with Gasteiger partial charge in [0, 0.05) is 25.6 Å². The highest BCUT2D eigenvalue weighted by Gasteiger charge is 2.20. The minimum absolute atomic E-state index is 0.0116. The van der Waals surface area contributed by atoms with E-state index >= 15 is 0 Å². The van der Waals surface area contributed by atoms with E-state index in [4.69, 9.17) is 10.2 Å². The van der Waals surface area contributed by atoms with Crippen molar-refractivity contribution in [2.75, 3.05) is 32.8 Å². The summed E-state index contributed by atoms with van der Waals surface area (Å²) in [7, 11) is 0. The van der Waals surface area contributed by atoms with E-state index in [-0.39, 0.29) is 25.2 Å². The lowest BCUT2D eigenvalue weighted by Gasteiger charge is -2.22. The summed E-state index contributed by atoms with van der Waals surface area (Å²) >= 11 is 0. The zero-order valence-corrected chi connectivity index (χ0v) is 8.98. The second-order valence-electron chi connectivity index (χ2n) is 3.83. The van der Waals surface area contributed by atoms with Crippen molar-refractivity contribution >= 4 is 5.91 Å². The molecular weight excluding hydrogens is 196 g/mol. The Morgan fingerprint density at radius 1 is 1.33 bits per heavy atom. The van der Waals surface area contributed by atoms with Gasteiger partial charge in [0.05, 0.1) is 13.2 Å². The van der Waals surface area contributed by atoms with Crippen LogP contribution in [0.1, 0.15) is 19.3 Å². The van der Waals surface area contributed by atoms with Gasteiger partial charge in [-0.3, -0.25) is 4.79 Å². The second kappa shape index (κ2) is 6.76. The minimum atomic E-state index is -0.0518. The van der Waals surface area contributed by atoms with Crippen LogP contribution in [0.3, 0.4) is 0 Å². The summed E-state index contributed by atoms with van der Waals surface area (Å²) in [5.41, 5.74) is 0. The Balaban J connectivity index is 2.33. The highest BCUT2D eigenvalue weighted by atomic mass is 16.3. The Bertz CT molecular complexity index is 187. The molecule has 1 saturated heterocycles. The fourth-order valence-corrected chi connectivity index (χ4v) is 1.87. The highest BCUT2D eigenvalue weighted by molar-refractivity contribution is 5.76. The third kappa shape index (κ3) is 4.15. The number of carbonyl (C=O) groups excluding carboxylic acids is 1. The second-order valence-corrected chi connectivity index (χ2v) is 3.83. The van der Waals surface area contributed by atoms with Crippen LogP contribution in [0.2, 0.25) is 0 Å². The van der Waals surface area contributed by atoms with Crippen molar-refractivity contribution in [1.29, 1.82) is 0 Å². The molecule has 3 N–H and O–H groups in total. The van der Waals surface area contributed by atoms with E-state index in [0.717, 1.165) is 19.4 Å². The van der Waals surface area contributed by atoms with Crippen LogP contribution in [0, 0.1) is 0 Å². The van der Waals surface area contributed by atoms with E-state index in [0.29, 0.717) is 19.5 Å². The standard InChI is InChI=1S/C10H20N2O3/c13-6-4-12(5-7-14)10(15)8-9-2-1-3-11-9/h9,11,13-14H,1-8H2. The van der Waals surface area contributed by atoms with Crippen LogP contribution >= 0.6 is 0 Å². The smallest absolute Gasteiger partial charge is 0.224 e. The summed E-state index contributed by atoms with van der Waals surface area (Å²) in [4.78, 5) is 13.3. The van der Waals surface area contributed by atoms with Crippen molar-refractivity contribution < 1.29 is 15.0 Å². The fraction of sp³-hybridized carbons (Fsp3) is 0.900. The van der Waals surface area contributed by atoms with Crippen molar-refractivity contribution in [1.82, 2.24) is 10.2 Å². The normalized spacial score (nSPS) is 20.5. The first-order valence-electron chi connectivity index (χ1n) is 5.50. The van der Waals surface area contributed by atoms with E-state index in [2.05, 4.69) is 5.32 Å². The van der Waals surface area contributed by atoms with E-state index in [1.165, 1.54) is 4.90 Å². The molecule has 1 aliphatic heterocycles. The van der Waals surface area contributed by atoms with Gasteiger partial charge in [-0.1, -0.05) is 0 Å². The molecule has 0 aromatic rings. The van der Waals surface area contributed by atoms with E-state index in [1.54, 1.807) is 0 Å². The van der Waals surface area contributed by atoms with Crippen molar-refractivity contribution in [2.24, 2.45) is 0 Å². The largest absolute Gasteiger partial charge is 0.395 e. The predicted octanol–water partition coefficient (Wildman–Crippen LogP) is -1.06. The molecule has 1 aliphatic rings. The Labute approximate surface area is 90.1 Å². The molecule has 0 spiro atoms. The zero-order valence-electron chi connectivity index (χ0n) is 8.98. The molecule has 1 amide bonds. The number of hydrogen-bond donors (Lipinski definition) is 3. The third-order valence-corrected chi connectivity index (χ3v) is 2.68. The maximum absolute atomic E-state index is 11.7. The zero-order chi connectivity index (χ0) is 11.1. The number of aliphatic hydroxyl groups is 2. The molecule has 0 aliphatic carbocycles. The molecule has 1 unspecified atom stereocenters. The maximum Gasteiger partial charge on any atom is 0.224 e. The summed E-state index contributed by atoms with van der Waals surface area (Å²) in [5, 5.41) is 20.8. The molecule has 1 atom stereocenters. The molecule has 15 heavy (non-hydrogen) atoms. The molecule has 5 nitrogen and oxygen atoms in total. The summed E-state index contributed by atoms with van der Waals surface area (Å²) in [6.45, 7) is 1.50. The van der Waals surface area contributed by atoms with Gasteiger partial charge in [0.1, 0.15) is 0 Å². The minimum Gasteiger partial charge on any atom is -0.395 e. The topological polar surface area (TPSA) is 72.8 Å². The number of carbonyl (C=O) groups is 1. The molecule has 0 bridgehead atoms. The van der Waals surface area contributed by atoms with E-state index in [9.17, 15) is 4.79 Å². The van der Waals surface area contributed by atoms with Gasteiger partial charge in [-0.05, 0) is 19.4 Å². The number of aliphatic hydroxyl groups excluding tert-OH is 2. The molecular formula is C10H20N2O3. The quantitative estimate of drug-likeness (QED) is 0.529. The molecule has 1 rings (SSSR count). The molecule has 0 aromatic heterocycles. The molecule has 1 fully saturated rings. The average Bonchev–Trinajstić information content (AvgIpc) is 2.70. The van der Waals surface area contributed by atoms with Crippen LogP contribution < -0.4 is 5.32 Å². The van der Waals surface area contributed by atoms with E-state index < -0.39 is 0 Å². The SMILES string of the molecule is O=C(CC1CCCN1)N(CCO)CCO. The van der Waals surface area contributed by atoms with Crippen LogP contribution in [0.5, 0.6) is 0 Å². The van der Waals surface area contributed by atoms with Crippen LogP contribution in [0.4, 0.5) is 0 Å². The number of nitrogens with one attached hydrogen (secondary N) is 1. The van der Waals surface area contributed by atoms with Gasteiger partial charge < -0.3 is 20.4 Å². The van der Waals surface area contributed by atoms with Crippen molar-refractivity contribution in [3.8, 4) is 0 Å². The summed E-state index contributed by atoms with van der Waals surface area (Å²) in [6, 6.07) is 0.275. The summed E-state index contributed by atoms with van der Waals surface area (Å²) in [5.74, 6) is 0.0116. The summed E-state index contributed by atoms with van der Waals surface area (Å²) in [6.07, 6.45) is 2.63. The van der Waals surface area contributed by atoms with Gasteiger partial charge in [-0.25, -0.2) is 0 Å². The average molecular weight is 216 g/mol. The van der Waals surface area contributed by atoms with E-state index in [1.807, 2.05) is 0 Å². The Morgan fingerprint density at radius 2 is 2.00 bits per heavy atom. The lowest BCUT2D eigenvalue weighted by molar-refractivity contribution is -0.132.